The topological polar surface area (TPSA) is 21.3 Å². The van der Waals surface area contributed by atoms with Gasteiger partial charge in [0.15, 0.2) is 0 Å². The van der Waals surface area contributed by atoms with Crippen LogP contribution in [0.3, 0.4) is 0 Å². The smallest absolute Gasteiger partial charge is 0.126 e. The fourth-order valence-corrected chi connectivity index (χ4v) is 2.32. The predicted octanol–water partition coefficient (Wildman–Crippen LogP) is 3.86. The Labute approximate surface area is 115 Å². The molecule has 0 saturated heterocycles. The minimum absolute atomic E-state index is 0.927. The molecule has 0 radical (unpaired) electrons. The average Bonchev–Trinajstić information content (AvgIpc) is 2.47. The summed E-state index contributed by atoms with van der Waals surface area (Å²) in [6.07, 6.45) is 3.33. The number of rotatable bonds is 5. The van der Waals surface area contributed by atoms with E-state index in [1.54, 1.807) is 7.11 Å². The van der Waals surface area contributed by atoms with Crippen LogP contribution in [0.1, 0.15) is 18.9 Å². The van der Waals surface area contributed by atoms with Gasteiger partial charge in [-0.05, 0) is 30.5 Å². The molecule has 0 saturated carbocycles. The number of fused-ring (bicyclic) bond motifs is 1. The van der Waals surface area contributed by atoms with Crippen LogP contribution in [0.2, 0.25) is 0 Å². The maximum atomic E-state index is 5.43. The number of nitrogens with one attached hydrogen (secondary N) is 1. The lowest BCUT2D eigenvalue weighted by molar-refractivity contribution is 0.420. The molecule has 0 aliphatic heterocycles. The summed E-state index contributed by atoms with van der Waals surface area (Å²) in [5.74, 6) is 0.930. The zero-order chi connectivity index (χ0) is 13.7. The molecule has 1 N–H and O–H groups in total. The first-order valence-electron chi connectivity index (χ1n) is 6.70. The molecule has 2 aromatic rings. The fraction of sp³-hybridized carbons (Fsp3) is 0.294. The average molecular weight is 255 g/mol. The van der Waals surface area contributed by atoms with Gasteiger partial charge in [-0.25, -0.2) is 0 Å². The number of ether oxygens (including phenoxy) is 1. The van der Waals surface area contributed by atoms with Crippen molar-refractivity contribution in [1.29, 1.82) is 0 Å². The van der Waals surface area contributed by atoms with Crippen molar-refractivity contribution in [3.63, 3.8) is 0 Å². The molecule has 2 heteroatoms. The van der Waals surface area contributed by atoms with Gasteiger partial charge in [-0.3, -0.25) is 0 Å². The highest BCUT2D eigenvalue weighted by Crippen LogP contribution is 2.29. The second-order valence-corrected chi connectivity index (χ2v) is 4.59. The number of hydrogen-bond donors (Lipinski definition) is 1. The summed E-state index contributed by atoms with van der Waals surface area (Å²) in [7, 11) is 3.70. The lowest BCUT2D eigenvalue weighted by atomic mass is 10.0. The van der Waals surface area contributed by atoms with Crippen LogP contribution in [0.4, 0.5) is 0 Å². The summed E-state index contributed by atoms with van der Waals surface area (Å²) in [6.45, 7) is 3.12. The predicted molar refractivity (Wildman–Crippen MR) is 82.7 cm³/mol. The number of benzene rings is 2. The van der Waals surface area contributed by atoms with Gasteiger partial charge < -0.3 is 10.1 Å². The van der Waals surface area contributed by atoms with Crippen LogP contribution in [-0.4, -0.2) is 20.7 Å². The third kappa shape index (κ3) is 2.96. The van der Waals surface area contributed by atoms with Gasteiger partial charge in [-0.1, -0.05) is 48.9 Å². The minimum atomic E-state index is 0.927. The summed E-state index contributed by atoms with van der Waals surface area (Å²) >= 11 is 0. The second-order valence-electron chi connectivity index (χ2n) is 4.59. The van der Waals surface area contributed by atoms with Crippen molar-refractivity contribution in [2.75, 3.05) is 20.7 Å². The third-order valence-electron chi connectivity index (χ3n) is 3.36. The van der Waals surface area contributed by atoms with Crippen molar-refractivity contribution in [3.05, 3.63) is 47.5 Å². The highest BCUT2D eigenvalue weighted by molar-refractivity contribution is 5.95. The molecule has 2 aromatic carbocycles. The molecule has 0 spiro atoms. The highest BCUT2D eigenvalue weighted by atomic mass is 16.5. The van der Waals surface area contributed by atoms with E-state index in [-0.39, 0.29) is 0 Å². The minimum Gasteiger partial charge on any atom is -0.496 e. The summed E-state index contributed by atoms with van der Waals surface area (Å²) in [5.41, 5.74) is 2.65. The number of hydrogen-bond acceptors (Lipinski definition) is 2. The Balaban J connectivity index is 2.56. The van der Waals surface area contributed by atoms with Gasteiger partial charge >= 0.3 is 0 Å². The van der Waals surface area contributed by atoms with E-state index >= 15 is 0 Å². The van der Waals surface area contributed by atoms with Crippen molar-refractivity contribution in [2.24, 2.45) is 0 Å². The fourth-order valence-electron chi connectivity index (χ4n) is 2.32. The molecule has 0 unspecified atom stereocenters. The molecule has 19 heavy (non-hydrogen) atoms. The van der Waals surface area contributed by atoms with Gasteiger partial charge in [-0.15, -0.1) is 0 Å². The van der Waals surface area contributed by atoms with E-state index < -0.39 is 0 Å². The van der Waals surface area contributed by atoms with Crippen molar-refractivity contribution in [2.45, 2.75) is 13.3 Å². The first-order valence-corrected chi connectivity index (χ1v) is 6.70. The van der Waals surface area contributed by atoms with Crippen LogP contribution in [0.25, 0.3) is 16.8 Å². The van der Waals surface area contributed by atoms with Crippen molar-refractivity contribution in [1.82, 2.24) is 5.32 Å². The molecule has 0 aromatic heterocycles. The molecule has 2 nitrogen and oxygen atoms in total. The standard InChI is InChI=1S/C17H21NO/c1-4-13(12-18-2)11-14-9-10-17(19-3)16-8-6-5-7-15(14)16/h5-11,18H,4,12H2,1-3H3. The van der Waals surface area contributed by atoms with E-state index in [2.05, 4.69) is 42.6 Å². The van der Waals surface area contributed by atoms with E-state index in [1.165, 1.54) is 21.9 Å². The zero-order valence-electron chi connectivity index (χ0n) is 11.9. The zero-order valence-corrected chi connectivity index (χ0v) is 11.9. The van der Waals surface area contributed by atoms with Crippen LogP contribution in [0.15, 0.2) is 42.0 Å². The maximum absolute atomic E-state index is 5.43. The molecule has 0 atom stereocenters. The summed E-state index contributed by atoms with van der Waals surface area (Å²) in [6, 6.07) is 12.5. The molecule has 2 rings (SSSR count). The molecule has 100 valence electrons. The van der Waals surface area contributed by atoms with E-state index in [1.807, 2.05) is 19.2 Å². The third-order valence-corrected chi connectivity index (χ3v) is 3.36. The Kier molecular flexibility index (Phi) is 4.58. The largest absolute Gasteiger partial charge is 0.496 e. The molecule has 0 heterocycles. The molecular formula is C17H21NO. The summed E-state index contributed by atoms with van der Waals surface area (Å²) in [5, 5.41) is 5.62. The van der Waals surface area contributed by atoms with Crippen LogP contribution >= 0.6 is 0 Å². The number of likely N-dealkylation sites (N-methyl/N-ethyl adjacent to an activating group) is 1. The van der Waals surface area contributed by atoms with Crippen LogP contribution in [-0.2, 0) is 0 Å². The van der Waals surface area contributed by atoms with Crippen molar-refractivity contribution < 1.29 is 4.74 Å². The normalized spacial score (nSPS) is 11.8. The second kappa shape index (κ2) is 6.39. The maximum Gasteiger partial charge on any atom is 0.126 e. The quantitative estimate of drug-likeness (QED) is 0.876. The van der Waals surface area contributed by atoms with Gasteiger partial charge in [0, 0.05) is 11.9 Å². The molecular weight excluding hydrogens is 234 g/mol. The van der Waals surface area contributed by atoms with Gasteiger partial charge in [0.05, 0.1) is 7.11 Å². The first-order chi connectivity index (χ1) is 9.30. The van der Waals surface area contributed by atoms with Crippen LogP contribution in [0, 0.1) is 0 Å². The number of methoxy groups -OCH3 is 1. The van der Waals surface area contributed by atoms with Gasteiger partial charge in [0.2, 0.25) is 0 Å². The Morgan fingerprint density at radius 2 is 1.89 bits per heavy atom. The molecule has 0 bridgehead atoms. The molecule has 0 aliphatic rings. The van der Waals surface area contributed by atoms with Gasteiger partial charge in [0.1, 0.15) is 5.75 Å². The Morgan fingerprint density at radius 3 is 2.53 bits per heavy atom. The lowest BCUT2D eigenvalue weighted by Crippen LogP contribution is -2.09. The monoisotopic (exact) mass is 255 g/mol. The van der Waals surface area contributed by atoms with Crippen molar-refractivity contribution in [3.8, 4) is 5.75 Å². The molecule has 0 fully saturated rings. The molecule has 0 amide bonds. The van der Waals surface area contributed by atoms with E-state index in [0.717, 1.165) is 18.7 Å². The highest BCUT2D eigenvalue weighted by Gasteiger charge is 2.04. The van der Waals surface area contributed by atoms with Crippen LogP contribution < -0.4 is 10.1 Å². The Hall–Kier alpha value is -1.80. The lowest BCUT2D eigenvalue weighted by Gasteiger charge is -2.10. The SMILES string of the molecule is CCC(=Cc1ccc(OC)c2ccccc12)CNC. The van der Waals surface area contributed by atoms with E-state index in [9.17, 15) is 0 Å². The molecule has 0 aliphatic carbocycles. The Bertz CT molecular complexity index is 587. The Morgan fingerprint density at radius 1 is 1.16 bits per heavy atom. The van der Waals surface area contributed by atoms with Crippen molar-refractivity contribution >= 4 is 16.8 Å². The summed E-state index contributed by atoms with van der Waals surface area (Å²) < 4.78 is 5.43. The van der Waals surface area contributed by atoms with E-state index in [4.69, 9.17) is 4.74 Å². The van der Waals surface area contributed by atoms with Gasteiger partial charge in [-0.2, -0.15) is 0 Å². The van der Waals surface area contributed by atoms with Crippen LogP contribution in [0.5, 0.6) is 5.75 Å². The summed E-state index contributed by atoms with van der Waals surface area (Å²) in [4.78, 5) is 0. The first kappa shape index (κ1) is 13.6. The van der Waals surface area contributed by atoms with Gasteiger partial charge in [0.25, 0.3) is 0 Å². The van der Waals surface area contributed by atoms with E-state index in [0.29, 0.717) is 0 Å².